The third-order valence-electron chi connectivity index (χ3n) is 14.7. The smallest absolute Gasteiger partial charge is 0.409 e. The van der Waals surface area contributed by atoms with Crippen molar-refractivity contribution in [3.8, 4) is 0 Å². The van der Waals surface area contributed by atoms with Crippen LogP contribution >= 0.6 is 11.6 Å². The lowest BCUT2D eigenvalue weighted by Crippen LogP contribution is -2.63. The van der Waals surface area contributed by atoms with Crippen molar-refractivity contribution in [3.63, 3.8) is 0 Å². The first kappa shape index (κ1) is 62.2. The van der Waals surface area contributed by atoms with Crippen molar-refractivity contribution >= 4 is 58.8 Å². The van der Waals surface area contributed by atoms with Gasteiger partial charge in [0, 0.05) is 71.5 Å². The van der Waals surface area contributed by atoms with E-state index < -0.39 is 89.3 Å². The van der Waals surface area contributed by atoms with Crippen molar-refractivity contribution in [3.05, 3.63) is 75.7 Å². The second kappa shape index (κ2) is 28.3. The quantitative estimate of drug-likeness (QED) is 0.0641. The van der Waals surface area contributed by atoms with Gasteiger partial charge in [-0.05, 0) is 76.9 Å². The number of allylic oxidation sites excluding steroid dienone is 3. The lowest BCUT2D eigenvalue weighted by atomic mass is 9.83. The van der Waals surface area contributed by atoms with E-state index in [9.17, 15) is 38.7 Å². The molecule has 5 N–H and O–H groups in total. The summed E-state index contributed by atoms with van der Waals surface area (Å²) >= 11 is 6.82. The molecule has 77 heavy (non-hydrogen) atoms. The van der Waals surface area contributed by atoms with Gasteiger partial charge in [0.2, 0.25) is 23.6 Å². The van der Waals surface area contributed by atoms with E-state index >= 15 is 0 Å². The molecule has 3 aliphatic heterocycles. The summed E-state index contributed by atoms with van der Waals surface area (Å²) in [4.78, 5) is 97.0. The van der Waals surface area contributed by atoms with Crippen LogP contribution in [0.3, 0.4) is 0 Å². The van der Waals surface area contributed by atoms with Crippen LogP contribution < -0.4 is 21.3 Å². The Balaban J connectivity index is 1.13. The van der Waals surface area contributed by atoms with Crippen LogP contribution in [0.4, 0.5) is 10.5 Å². The van der Waals surface area contributed by atoms with Crippen LogP contribution in [0.1, 0.15) is 95.4 Å². The van der Waals surface area contributed by atoms with Crippen LogP contribution in [0.15, 0.2) is 52.9 Å². The number of esters is 1. The molecule has 5 amide bonds. The number of carbonyl (C=O) groups is 7. The molecule has 1 unspecified atom stereocenters. The second-order valence-electron chi connectivity index (χ2n) is 20.6. The molecule has 0 spiro atoms. The fourth-order valence-electron chi connectivity index (χ4n) is 9.57. The highest BCUT2D eigenvalue weighted by atomic mass is 35.5. The van der Waals surface area contributed by atoms with E-state index in [2.05, 4.69) is 15.5 Å². The fraction of sp³-hybridized carbons (Fsp3) is 0.618. The van der Waals surface area contributed by atoms with E-state index in [4.69, 9.17) is 50.2 Å². The number of aliphatic hydroxyl groups is 1. The van der Waals surface area contributed by atoms with E-state index in [0.717, 1.165) is 34.4 Å². The number of primary amides is 1. The Labute approximate surface area is 456 Å². The predicted octanol–water partition coefficient (Wildman–Crippen LogP) is 4.48. The number of fused-ring (bicyclic) bond motifs is 5. The number of nitrogens with two attached hydrogens (primary N) is 1. The minimum absolute atomic E-state index is 0.00259. The summed E-state index contributed by atoms with van der Waals surface area (Å²) < 4.78 is 40.4. The number of aryl methyl sites for hydroxylation is 2. The maximum atomic E-state index is 14.3. The Kier molecular flexibility index (Phi) is 22.8. The number of nitrogens with one attached hydrogen (secondary N) is 2. The van der Waals surface area contributed by atoms with E-state index in [1.165, 1.54) is 30.9 Å². The minimum Gasteiger partial charge on any atom is -0.472 e. The van der Waals surface area contributed by atoms with Crippen LogP contribution in [0.2, 0.25) is 5.02 Å². The van der Waals surface area contributed by atoms with Crippen molar-refractivity contribution in [2.24, 2.45) is 17.6 Å². The molecule has 2 saturated heterocycles. The molecule has 21 nitrogen and oxygen atoms in total. The van der Waals surface area contributed by atoms with Crippen LogP contribution in [-0.4, -0.2) is 166 Å². The number of ketones is 1. The number of carbonyl (C=O) groups excluding carboxylic acids is 7. The number of nitrogens with zero attached hydrogens (tertiary/aromatic N) is 3. The Morgan fingerprint density at radius 3 is 2.43 bits per heavy atom. The SMILES string of the molecule is CCN(C)Cc1cocc1CCC(=O)C[C@@H](CC(N)=O)C(=O)NCCOCCOCCC(=O)N(C)[C@@H](C)C(=O)O[C@H]1CC(=O)N(C)c2cc(cc(C)c2Cl)C/C(C)=C/C=C/[C@@H](OC)[C@]2(O)C[C@H](OC(=O)N2)[C@@H](C)C2O[C@]21C. The third-order valence-corrected chi connectivity index (χ3v) is 15.2. The molecule has 22 heteroatoms. The van der Waals surface area contributed by atoms with E-state index in [1.54, 1.807) is 45.6 Å². The summed E-state index contributed by atoms with van der Waals surface area (Å²) in [6, 6.07) is 2.65. The topological polar surface area (TPSA) is 271 Å². The normalized spacial score (nSPS) is 25.5. The van der Waals surface area contributed by atoms with Gasteiger partial charge < -0.3 is 63.7 Å². The van der Waals surface area contributed by atoms with Crippen molar-refractivity contribution in [2.75, 3.05) is 72.7 Å². The summed E-state index contributed by atoms with van der Waals surface area (Å²) in [5.41, 5.74) is 7.19. The second-order valence-corrected chi connectivity index (χ2v) is 21.0. The highest BCUT2D eigenvalue weighted by Gasteiger charge is 2.64. The van der Waals surface area contributed by atoms with Gasteiger partial charge in [0.15, 0.2) is 5.72 Å². The van der Waals surface area contributed by atoms with Crippen LogP contribution in [-0.2, 0) is 76.6 Å². The minimum atomic E-state index is -1.86. The number of methoxy groups -OCH3 is 1. The van der Waals surface area contributed by atoms with Crippen molar-refractivity contribution in [1.29, 1.82) is 0 Å². The summed E-state index contributed by atoms with van der Waals surface area (Å²) in [5, 5.41) is 17.4. The van der Waals surface area contributed by atoms with Crippen molar-refractivity contribution < 1.29 is 71.5 Å². The van der Waals surface area contributed by atoms with Gasteiger partial charge in [-0.1, -0.05) is 55.3 Å². The number of amides is 5. The standard InChI is InChI=1S/C55H79ClN6O15/c1-11-60(7)30-40-32-74-31-38(40)15-16-41(63)26-39(27-46(57)64)51(67)58-18-20-73-22-21-72-19-17-47(65)61(8)36(5)52(68)76-45-28-48(66)62(9)42-25-37(24-34(3)49(42)56)23-33(2)13-12-14-44(71-10)55(70)29-43(75-53(69)59-55)35(4)50-54(45,6)77-50/h12-14,24-25,31-32,35-36,39,43-45,50,70H,11,15-23,26-30H2,1-10H3,(H2,57,64)(H,58,67)(H,59,69)/b14-12+,33-13+/t35-,36+,39+,43+,44-,45+,50?,54+,55-/m1/s1. The van der Waals surface area contributed by atoms with Gasteiger partial charge in [-0.15, -0.1) is 0 Å². The zero-order valence-electron chi connectivity index (χ0n) is 46.1. The lowest BCUT2D eigenvalue weighted by molar-refractivity contribution is -0.162. The maximum absolute atomic E-state index is 14.3. The number of halogens is 1. The number of Topliss-reactive ketones (excluding diaryl/α,β-unsaturated/α-hetero) is 1. The van der Waals surface area contributed by atoms with Crippen LogP contribution in [0.5, 0.6) is 0 Å². The van der Waals surface area contributed by atoms with Crippen LogP contribution in [0, 0.1) is 18.8 Å². The summed E-state index contributed by atoms with van der Waals surface area (Å²) in [5.74, 6) is -4.53. The zero-order valence-corrected chi connectivity index (χ0v) is 46.9. The molecule has 4 bridgehead atoms. The van der Waals surface area contributed by atoms with Crippen molar-refractivity contribution in [2.45, 2.75) is 141 Å². The molecule has 1 aromatic carbocycles. The Morgan fingerprint density at radius 2 is 1.74 bits per heavy atom. The van der Waals surface area contributed by atoms with Crippen LogP contribution in [0.25, 0.3) is 0 Å². The van der Waals surface area contributed by atoms with Gasteiger partial charge >= 0.3 is 12.1 Å². The highest BCUT2D eigenvalue weighted by Crippen LogP contribution is 2.49. The molecule has 2 fully saturated rings. The van der Waals surface area contributed by atoms with Gasteiger partial charge in [0.05, 0.1) is 74.5 Å². The van der Waals surface area contributed by atoms with E-state index in [-0.39, 0.29) is 77.3 Å². The van der Waals surface area contributed by atoms with E-state index in [0.29, 0.717) is 30.1 Å². The number of ether oxygens (including phenoxy) is 6. The monoisotopic (exact) mass is 1100 g/mol. The first-order valence-corrected chi connectivity index (χ1v) is 26.5. The fourth-order valence-corrected chi connectivity index (χ4v) is 9.80. The molecule has 2 aromatic rings. The summed E-state index contributed by atoms with van der Waals surface area (Å²) in [6.45, 7) is 12.8. The maximum Gasteiger partial charge on any atom is 0.409 e. The number of epoxide rings is 1. The molecule has 3 aliphatic rings. The molecule has 1 aromatic heterocycles. The molecule has 9 atom stereocenters. The first-order valence-electron chi connectivity index (χ1n) is 26.1. The summed E-state index contributed by atoms with van der Waals surface area (Å²) in [7, 11) is 6.45. The number of benzene rings is 1. The Hall–Kier alpha value is -5.68. The van der Waals surface area contributed by atoms with E-state index in [1.807, 2.05) is 46.0 Å². The Bertz CT molecular complexity index is 2480. The number of hydrogen-bond donors (Lipinski definition) is 4. The molecular weight excluding hydrogens is 1020 g/mol. The predicted molar refractivity (Wildman–Crippen MR) is 284 cm³/mol. The first-order chi connectivity index (χ1) is 36.4. The Morgan fingerprint density at radius 1 is 1.04 bits per heavy atom. The molecule has 4 heterocycles. The number of anilines is 1. The molecule has 0 saturated carbocycles. The highest BCUT2D eigenvalue weighted by molar-refractivity contribution is 6.34. The van der Waals surface area contributed by atoms with Gasteiger partial charge in [-0.2, -0.15) is 0 Å². The number of likely N-dealkylation sites (N-methyl/N-ethyl adjacent to an activating group) is 1. The van der Waals surface area contributed by atoms with Crippen molar-refractivity contribution in [1.82, 2.24) is 20.4 Å². The molecular formula is C55H79ClN6O15. The number of rotatable bonds is 24. The molecule has 0 aliphatic carbocycles. The largest absolute Gasteiger partial charge is 0.472 e. The molecule has 426 valence electrons. The van der Waals surface area contributed by atoms with Gasteiger partial charge in [0.1, 0.15) is 35.7 Å². The number of furan rings is 1. The van der Waals surface area contributed by atoms with Gasteiger partial charge in [-0.3, -0.25) is 29.3 Å². The third kappa shape index (κ3) is 17.2. The average molecular weight is 1100 g/mol. The number of alkyl carbamates (subject to hydrolysis) is 1. The molecule has 5 rings (SSSR count). The zero-order chi connectivity index (χ0) is 56.8. The van der Waals surface area contributed by atoms with Gasteiger partial charge in [0.25, 0.3) is 0 Å². The number of hydrogen-bond acceptors (Lipinski definition) is 16. The lowest BCUT2D eigenvalue weighted by Gasteiger charge is -2.42. The summed E-state index contributed by atoms with van der Waals surface area (Å²) in [6.07, 6.45) is 4.10. The average Bonchev–Trinajstić information content (AvgIpc) is 4.00. The molecule has 0 radical (unpaired) electrons. The van der Waals surface area contributed by atoms with Gasteiger partial charge in [-0.25, -0.2) is 9.59 Å².